The number of aromatic nitrogens is 2. The highest BCUT2D eigenvalue weighted by Gasteiger charge is 2.27. The summed E-state index contributed by atoms with van der Waals surface area (Å²) in [6.45, 7) is 3.37. The van der Waals surface area contributed by atoms with Gasteiger partial charge in [0.15, 0.2) is 12.4 Å². The molecule has 0 saturated carbocycles. The average molecular weight is 404 g/mol. The fraction of sp³-hybridized carbons (Fsp3) is 0.263. The summed E-state index contributed by atoms with van der Waals surface area (Å²) in [5, 5.41) is 7.05. The second-order valence-electron chi connectivity index (χ2n) is 6.30. The van der Waals surface area contributed by atoms with Crippen LogP contribution < -0.4 is 5.32 Å². The summed E-state index contributed by atoms with van der Waals surface area (Å²) >= 11 is 5.86. The maximum absolute atomic E-state index is 12.4. The number of carbonyl (C=O) groups excluding carboxylic acids is 2. The van der Waals surface area contributed by atoms with Gasteiger partial charge in [-0.1, -0.05) is 30.6 Å². The van der Waals surface area contributed by atoms with E-state index in [4.69, 9.17) is 25.3 Å². The molecule has 8 nitrogen and oxygen atoms in total. The van der Waals surface area contributed by atoms with Gasteiger partial charge < -0.3 is 19.0 Å². The molecule has 0 radical (unpaired) electrons. The van der Waals surface area contributed by atoms with E-state index in [2.05, 4.69) is 15.5 Å². The lowest BCUT2D eigenvalue weighted by molar-refractivity contribution is -0.149. The number of nitrogens with one attached hydrogen (secondary N) is 1. The summed E-state index contributed by atoms with van der Waals surface area (Å²) in [4.78, 5) is 28.7. The number of rotatable bonds is 7. The maximum Gasteiger partial charge on any atom is 0.329 e. The summed E-state index contributed by atoms with van der Waals surface area (Å²) in [6, 6.07) is 9.17. The monoisotopic (exact) mass is 403 g/mol. The third kappa shape index (κ3) is 4.77. The Kier molecular flexibility index (Phi) is 6.10. The second kappa shape index (κ2) is 8.71. The summed E-state index contributed by atoms with van der Waals surface area (Å²) in [5.41, 5.74) is 0.719. The van der Waals surface area contributed by atoms with Gasteiger partial charge in [0.2, 0.25) is 5.82 Å². The minimum absolute atomic E-state index is 0.114. The third-order valence-corrected chi connectivity index (χ3v) is 4.11. The van der Waals surface area contributed by atoms with Crippen LogP contribution in [0, 0.1) is 5.92 Å². The average Bonchev–Trinajstić information content (AvgIpc) is 3.36. The predicted octanol–water partition coefficient (Wildman–Crippen LogP) is 3.48. The number of halogens is 1. The van der Waals surface area contributed by atoms with E-state index in [-0.39, 0.29) is 24.2 Å². The Labute approximate surface area is 165 Å². The molecule has 0 fully saturated rings. The van der Waals surface area contributed by atoms with Crippen molar-refractivity contribution in [3.63, 3.8) is 0 Å². The Hall–Kier alpha value is -3.13. The van der Waals surface area contributed by atoms with Crippen LogP contribution in [0.1, 0.15) is 30.3 Å². The number of furan rings is 1. The first kappa shape index (κ1) is 19.6. The minimum Gasteiger partial charge on any atom is -0.459 e. The van der Waals surface area contributed by atoms with Crippen molar-refractivity contribution in [1.29, 1.82) is 0 Å². The van der Waals surface area contributed by atoms with E-state index in [0.717, 1.165) is 5.56 Å². The number of nitrogens with zero attached hydrogens (tertiary/aromatic N) is 2. The molecule has 28 heavy (non-hydrogen) atoms. The lowest BCUT2D eigenvalue weighted by atomic mass is 10.0. The lowest BCUT2D eigenvalue weighted by Gasteiger charge is -2.19. The topological polar surface area (TPSA) is 107 Å². The first-order valence-electron chi connectivity index (χ1n) is 8.53. The Balaban J connectivity index is 1.60. The zero-order valence-corrected chi connectivity index (χ0v) is 16.0. The first-order chi connectivity index (χ1) is 13.4. The number of hydrogen-bond acceptors (Lipinski definition) is 7. The van der Waals surface area contributed by atoms with Gasteiger partial charge in [-0.25, -0.2) is 4.79 Å². The maximum atomic E-state index is 12.4. The SMILES string of the molecule is CC(C)C(NC(=O)c1ccco1)C(=O)OCc1nc(-c2ccc(Cl)cc2)no1. The van der Waals surface area contributed by atoms with Gasteiger partial charge in [-0.2, -0.15) is 4.98 Å². The molecule has 1 aromatic carbocycles. The van der Waals surface area contributed by atoms with Gasteiger partial charge in [-0.3, -0.25) is 4.79 Å². The van der Waals surface area contributed by atoms with E-state index in [1.807, 2.05) is 0 Å². The van der Waals surface area contributed by atoms with Gasteiger partial charge >= 0.3 is 5.97 Å². The Morgan fingerprint density at radius 3 is 2.61 bits per heavy atom. The quantitative estimate of drug-likeness (QED) is 0.601. The molecule has 0 aliphatic carbocycles. The van der Waals surface area contributed by atoms with E-state index in [1.54, 1.807) is 44.2 Å². The lowest BCUT2D eigenvalue weighted by Crippen LogP contribution is -2.45. The molecule has 2 aromatic heterocycles. The van der Waals surface area contributed by atoms with Crippen molar-refractivity contribution in [3.05, 3.63) is 59.3 Å². The van der Waals surface area contributed by atoms with Crippen molar-refractivity contribution < 1.29 is 23.3 Å². The van der Waals surface area contributed by atoms with Crippen LogP contribution in [-0.4, -0.2) is 28.1 Å². The number of hydrogen-bond donors (Lipinski definition) is 1. The van der Waals surface area contributed by atoms with Crippen molar-refractivity contribution in [2.75, 3.05) is 0 Å². The Morgan fingerprint density at radius 2 is 1.96 bits per heavy atom. The molecular weight excluding hydrogens is 386 g/mol. The van der Waals surface area contributed by atoms with Crippen LogP contribution in [0.2, 0.25) is 5.02 Å². The zero-order chi connectivity index (χ0) is 20.1. The second-order valence-corrected chi connectivity index (χ2v) is 6.74. The van der Waals surface area contributed by atoms with E-state index < -0.39 is 17.9 Å². The highest BCUT2D eigenvalue weighted by molar-refractivity contribution is 6.30. The molecule has 146 valence electrons. The number of carbonyl (C=O) groups is 2. The van der Waals surface area contributed by atoms with Gasteiger partial charge in [0.25, 0.3) is 11.8 Å². The van der Waals surface area contributed by atoms with Crippen LogP contribution in [-0.2, 0) is 16.1 Å². The van der Waals surface area contributed by atoms with Crippen LogP contribution >= 0.6 is 11.6 Å². The van der Waals surface area contributed by atoms with E-state index in [9.17, 15) is 9.59 Å². The highest BCUT2D eigenvalue weighted by Crippen LogP contribution is 2.19. The van der Waals surface area contributed by atoms with Gasteiger partial charge in [-0.05, 0) is 42.3 Å². The van der Waals surface area contributed by atoms with E-state index in [0.29, 0.717) is 10.8 Å². The minimum atomic E-state index is -0.851. The van der Waals surface area contributed by atoms with Crippen molar-refractivity contribution in [1.82, 2.24) is 15.5 Å². The van der Waals surface area contributed by atoms with Crippen LogP contribution in [0.25, 0.3) is 11.4 Å². The third-order valence-electron chi connectivity index (χ3n) is 3.86. The molecule has 9 heteroatoms. The normalized spacial score (nSPS) is 12.0. The fourth-order valence-corrected chi connectivity index (χ4v) is 2.50. The highest BCUT2D eigenvalue weighted by atomic mass is 35.5. The molecule has 2 heterocycles. The Morgan fingerprint density at radius 1 is 1.21 bits per heavy atom. The first-order valence-corrected chi connectivity index (χ1v) is 8.91. The fourth-order valence-electron chi connectivity index (χ4n) is 2.37. The molecule has 1 atom stereocenters. The van der Waals surface area contributed by atoms with Crippen LogP contribution in [0.4, 0.5) is 0 Å². The van der Waals surface area contributed by atoms with E-state index >= 15 is 0 Å². The number of amides is 1. The summed E-state index contributed by atoms with van der Waals surface area (Å²) in [6.07, 6.45) is 1.38. The molecule has 3 rings (SSSR count). The molecule has 0 bridgehead atoms. The van der Waals surface area contributed by atoms with Crippen molar-refractivity contribution in [3.8, 4) is 11.4 Å². The predicted molar refractivity (Wildman–Crippen MR) is 99.3 cm³/mol. The van der Waals surface area contributed by atoms with Gasteiger partial charge in [-0.15, -0.1) is 0 Å². The molecule has 1 amide bonds. The van der Waals surface area contributed by atoms with Crippen LogP contribution in [0.5, 0.6) is 0 Å². The van der Waals surface area contributed by atoms with Gasteiger partial charge in [0, 0.05) is 10.6 Å². The van der Waals surface area contributed by atoms with Gasteiger partial charge in [0.05, 0.1) is 6.26 Å². The molecule has 1 unspecified atom stereocenters. The standard InChI is InChI=1S/C19H18ClN3O5/c1-11(2)16(22-18(24)14-4-3-9-26-14)19(25)27-10-15-21-17(23-28-15)12-5-7-13(20)8-6-12/h3-9,11,16H,10H2,1-2H3,(H,22,24). The number of esters is 1. The van der Waals surface area contributed by atoms with Crippen LogP contribution in [0.15, 0.2) is 51.6 Å². The van der Waals surface area contributed by atoms with Crippen molar-refractivity contribution in [2.45, 2.75) is 26.5 Å². The molecule has 0 aliphatic heterocycles. The summed E-state index contributed by atoms with van der Waals surface area (Å²) < 4.78 is 15.4. The van der Waals surface area contributed by atoms with Crippen LogP contribution in [0.3, 0.4) is 0 Å². The van der Waals surface area contributed by atoms with Gasteiger partial charge in [0.1, 0.15) is 6.04 Å². The number of ether oxygens (including phenoxy) is 1. The molecular formula is C19H18ClN3O5. The molecule has 3 aromatic rings. The smallest absolute Gasteiger partial charge is 0.329 e. The zero-order valence-electron chi connectivity index (χ0n) is 15.2. The number of benzene rings is 1. The van der Waals surface area contributed by atoms with E-state index in [1.165, 1.54) is 12.3 Å². The summed E-state index contributed by atoms with van der Waals surface area (Å²) in [5.74, 6) is -0.696. The largest absolute Gasteiger partial charge is 0.459 e. The van der Waals surface area contributed by atoms with Crippen molar-refractivity contribution in [2.24, 2.45) is 5.92 Å². The molecule has 0 aliphatic rings. The van der Waals surface area contributed by atoms with Crippen molar-refractivity contribution >= 4 is 23.5 Å². The molecule has 1 N–H and O–H groups in total. The Bertz CT molecular complexity index is 935. The molecule has 0 saturated heterocycles. The molecule has 0 spiro atoms. The summed E-state index contributed by atoms with van der Waals surface area (Å²) in [7, 11) is 0.